The molecular formula is C13H16FNO4S2. The second-order valence-corrected chi connectivity index (χ2v) is 9.59. The zero-order valence-electron chi connectivity index (χ0n) is 11.3. The Labute approximate surface area is 123 Å². The first-order valence-electron chi connectivity index (χ1n) is 6.80. The molecule has 0 bridgehead atoms. The quantitative estimate of drug-likeness (QED) is 0.829. The number of sulfone groups is 1. The zero-order chi connectivity index (χ0) is 15.3. The molecule has 0 N–H and O–H groups in total. The number of benzene rings is 1. The van der Waals surface area contributed by atoms with Crippen molar-refractivity contribution in [3.05, 3.63) is 30.1 Å². The third kappa shape index (κ3) is 2.84. The van der Waals surface area contributed by atoms with E-state index >= 15 is 0 Å². The molecule has 0 amide bonds. The van der Waals surface area contributed by atoms with Gasteiger partial charge in [0.25, 0.3) is 0 Å². The standard InChI is InChI=1S/C13H16FNO4S2/c14-12-3-1-2-4-13(12)21(18,19)15(10-5-6-10)11-7-8-20(16,17)9-11/h1-4,10-11H,5-9H2/t11-/m1/s1. The molecule has 1 aromatic rings. The van der Waals surface area contributed by atoms with Gasteiger partial charge in [-0.1, -0.05) is 12.1 Å². The first kappa shape index (κ1) is 14.9. The van der Waals surface area contributed by atoms with Crippen LogP contribution in [0.2, 0.25) is 0 Å². The monoisotopic (exact) mass is 333 g/mol. The van der Waals surface area contributed by atoms with E-state index in [1.165, 1.54) is 22.5 Å². The van der Waals surface area contributed by atoms with E-state index in [2.05, 4.69) is 0 Å². The maximum absolute atomic E-state index is 13.8. The van der Waals surface area contributed by atoms with Gasteiger partial charge in [-0.3, -0.25) is 0 Å². The first-order valence-corrected chi connectivity index (χ1v) is 10.1. The highest BCUT2D eigenvalue weighted by Gasteiger charge is 2.46. The summed E-state index contributed by atoms with van der Waals surface area (Å²) in [5, 5.41) is 0. The Morgan fingerprint density at radius 2 is 1.76 bits per heavy atom. The lowest BCUT2D eigenvalue weighted by molar-refractivity contribution is 0.331. The van der Waals surface area contributed by atoms with Gasteiger partial charge in [-0.25, -0.2) is 21.2 Å². The van der Waals surface area contributed by atoms with Gasteiger partial charge in [0.15, 0.2) is 9.84 Å². The molecule has 21 heavy (non-hydrogen) atoms. The maximum Gasteiger partial charge on any atom is 0.246 e. The average Bonchev–Trinajstić information content (AvgIpc) is 3.14. The van der Waals surface area contributed by atoms with Crippen LogP contribution < -0.4 is 0 Å². The zero-order valence-corrected chi connectivity index (χ0v) is 12.9. The van der Waals surface area contributed by atoms with Gasteiger partial charge >= 0.3 is 0 Å². The van der Waals surface area contributed by atoms with Crippen LogP contribution in [0, 0.1) is 5.82 Å². The van der Waals surface area contributed by atoms with E-state index in [-0.39, 0.29) is 28.9 Å². The fourth-order valence-corrected chi connectivity index (χ4v) is 6.54. The molecule has 1 aromatic carbocycles. The van der Waals surface area contributed by atoms with Crippen LogP contribution in [0.1, 0.15) is 19.3 Å². The highest BCUT2D eigenvalue weighted by Crippen LogP contribution is 2.37. The summed E-state index contributed by atoms with van der Waals surface area (Å²) in [5.41, 5.74) is 0. The maximum atomic E-state index is 13.8. The Bertz CT molecular complexity index is 756. The van der Waals surface area contributed by atoms with E-state index in [1.807, 2.05) is 0 Å². The molecule has 0 aromatic heterocycles. The highest BCUT2D eigenvalue weighted by atomic mass is 32.2. The molecule has 0 radical (unpaired) electrons. The third-order valence-electron chi connectivity index (χ3n) is 3.87. The summed E-state index contributed by atoms with van der Waals surface area (Å²) in [6.45, 7) is 0. The van der Waals surface area contributed by atoms with Crippen molar-refractivity contribution < 1.29 is 21.2 Å². The SMILES string of the molecule is O=S1(=O)CC[C@@H](N(C2CC2)S(=O)(=O)c2ccccc2F)C1. The summed E-state index contributed by atoms with van der Waals surface area (Å²) in [6.07, 6.45) is 1.68. The topological polar surface area (TPSA) is 71.5 Å². The Morgan fingerprint density at radius 1 is 1.10 bits per heavy atom. The third-order valence-corrected chi connectivity index (χ3v) is 7.66. The normalized spacial score (nSPS) is 25.3. The molecule has 0 unspecified atom stereocenters. The van der Waals surface area contributed by atoms with Crippen LogP contribution in [0.4, 0.5) is 4.39 Å². The molecule has 1 aliphatic heterocycles. The molecule has 1 saturated heterocycles. The van der Waals surface area contributed by atoms with Gasteiger partial charge in [0.2, 0.25) is 10.0 Å². The van der Waals surface area contributed by atoms with E-state index in [4.69, 9.17) is 0 Å². The molecule has 1 heterocycles. The lowest BCUT2D eigenvalue weighted by atomic mass is 10.2. The summed E-state index contributed by atoms with van der Waals surface area (Å²) < 4.78 is 63.8. The Morgan fingerprint density at radius 3 is 2.29 bits per heavy atom. The summed E-state index contributed by atoms with van der Waals surface area (Å²) in [4.78, 5) is -0.374. The van der Waals surface area contributed by atoms with Crippen LogP contribution in [0.3, 0.4) is 0 Å². The second kappa shape index (κ2) is 5.03. The van der Waals surface area contributed by atoms with E-state index in [0.29, 0.717) is 12.8 Å². The number of rotatable bonds is 4. The summed E-state index contributed by atoms with van der Waals surface area (Å²) in [5.74, 6) is -0.978. The highest BCUT2D eigenvalue weighted by molar-refractivity contribution is 7.92. The number of halogens is 1. The van der Waals surface area contributed by atoms with Crippen molar-refractivity contribution in [2.24, 2.45) is 0 Å². The Kier molecular flexibility index (Phi) is 3.58. The first-order chi connectivity index (χ1) is 9.81. The second-order valence-electron chi connectivity index (χ2n) is 5.55. The van der Waals surface area contributed by atoms with Crippen molar-refractivity contribution in [3.8, 4) is 0 Å². The van der Waals surface area contributed by atoms with Gasteiger partial charge < -0.3 is 0 Å². The van der Waals surface area contributed by atoms with Crippen LogP contribution >= 0.6 is 0 Å². The van der Waals surface area contributed by atoms with Crippen molar-refractivity contribution in [3.63, 3.8) is 0 Å². The predicted octanol–water partition coefficient (Wildman–Crippen LogP) is 1.17. The molecule has 2 aliphatic rings. The molecule has 116 valence electrons. The van der Waals surface area contributed by atoms with Crippen LogP contribution in [0.25, 0.3) is 0 Å². The molecule has 3 rings (SSSR count). The number of hydrogen-bond acceptors (Lipinski definition) is 4. The average molecular weight is 333 g/mol. The fourth-order valence-electron chi connectivity index (χ4n) is 2.76. The fraction of sp³-hybridized carbons (Fsp3) is 0.538. The number of hydrogen-bond donors (Lipinski definition) is 0. The number of sulfonamides is 1. The van der Waals surface area contributed by atoms with Crippen molar-refractivity contribution in [1.29, 1.82) is 0 Å². The summed E-state index contributed by atoms with van der Waals surface area (Å²) >= 11 is 0. The van der Waals surface area contributed by atoms with E-state index in [1.54, 1.807) is 0 Å². The summed E-state index contributed by atoms with van der Waals surface area (Å²) in [7, 11) is -7.21. The van der Waals surface area contributed by atoms with Crippen molar-refractivity contribution in [2.45, 2.75) is 36.2 Å². The summed E-state index contributed by atoms with van der Waals surface area (Å²) in [6, 6.07) is 4.44. The van der Waals surface area contributed by atoms with Gasteiger partial charge in [0.05, 0.1) is 11.5 Å². The Hall–Kier alpha value is -0.990. The lowest BCUT2D eigenvalue weighted by Gasteiger charge is -2.27. The minimum Gasteiger partial charge on any atom is -0.229 e. The molecule has 5 nitrogen and oxygen atoms in total. The molecule has 1 atom stereocenters. The van der Waals surface area contributed by atoms with E-state index in [0.717, 1.165) is 6.07 Å². The molecule has 0 spiro atoms. The molecule has 8 heteroatoms. The molecule has 1 saturated carbocycles. The van der Waals surface area contributed by atoms with Crippen molar-refractivity contribution in [2.75, 3.05) is 11.5 Å². The van der Waals surface area contributed by atoms with Crippen LogP contribution in [0.15, 0.2) is 29.2 Å². The van der Waals surface area contributed by atoms with Gasteiger partial charge in [-0.2, -0.15) is 4.31 Å². The molecule has 1 aliphatic carbocycles. The minimum atomic E-state index is -4.01. The van der Waals surface area contributed by atoms with Gasteiger partial charge in [-0.15, -0.1) is 0 Å². The van der Waals surface area contributed by atoms with Crippen LogP contribution in [0.5, 0.6) is 0 Å². The number of nitrogens with zero attached hydrogens (tertiary/aromatic N) is 1. The van der Waals surface area contributed by atoms with Gasteiger partial charge in [0, 0.05) is 12.1 Å². The van der Waals surface area contributed by atoms with E-state index < -0.39 is 31.7 Å². The van der Waals surface area contributed by atoms with Crippen LogP contribution in [-0.2, 0) is 19.9 Å². The van der Waals surface area contributed by atoms with Crippen LogP contribution in [-0.4, -0.2) is 44.7 Å². The Balaban J connectivity index is 2.00. The smallest absolute Gasteiger partial charge is 0.229 e. The van der Waals surface area contributed by atoms with Crippen molar-refractivity contribution >= 4 is 19.9 Å². The molecular weight excluding hydrogens is 317 g/mol. The van der Waals surface area contributed by atoms with Gasteiger partial charge in [0.1, 0.15) is 10.7 Å². The largest absolute Gasteiger partial charge is 0.246 e. The lowest BCUT2D eigenvalue weighted by Crippen LogP contribution is -2.42. The predicted molar refractivity (Wildman–Crippen MR) is 75.5 cm³/mol. The van der Waals surface area contributed by atoms with Crippen molar-refractivity contribution in [1.82, 2.24) is 4.31 Å². The van der Waals surface area contributed by atoms with E-state index in [9.17, 15) is 21.2 Å². The molecule has 2 fully saturated rings. The minimum absolute atomic E-state index is 0.00627. The van der Waals surface area contributed by atoms with Gasteiger partial charge in [-0.05, 0) is 31.4 Å².